The summed E-state index contributed by atoms with van der Waals surface area (Å²) in [7, 11) is 6.76. The predicted octanol–water partition coefficient (Wildman–Crippen LogP) is 7.78. The average Bonchev–Trinajstić information content (AvgIpc) is 2.97. The number of ether oxygens (including phenoxy) is 3. The van der Waals surface area contributed by atoms with Crippen LogP contribution in [-0.4, -0.2) is 50.3 Å². The molecule has 0 aliphatic rings. The Morgan fingerprint density at radius 3 is 2.14 bits per heavy atom. The van der Waals surface area contributed by atoms with Crippen LogP contribution >= 0.6 is 0 Å². The second kappa shape index (κ2) is 13.0. The molecule has 43 heavy (non-hydrogen) atoms. The maximum Gasteiger partial charge on any atom is 0.411 e. The van der Waals surface area contributed by atoms with E-state index in [1.165, 1.54) is 14.2 Å². The molecule has 0 bridgehead atoms. The van der Waals surface area contributed by atoms with Crippen LogP contribution in [0.2, 0.25) is 0 Å². The van der Waals surface area contributed by atoms with E-state index in [4.69, 9.17) is 14.2 Å². The van der Waals surface area contributed by atoms with Crippen LogP contribution in [0.5, 0.6) is 17.2 Å². The Balaban J connectivity index is 1.63. The van der Waals surface area contributed by atoms with Crippen LogP contribution in [0.3, 0.4) is 0 Å². The molecule has 0 saturated carbocycles. The molecule has 1 heterocycles. The standard InChI is InChI=1S/C33H39N5O5/c1-20(38(5)6)26-19-22(15-16-34-26)43-29-14-13-25(23-11-9-10-12-24(23)29)35-31(39)36-27-17-21(33(2,3)4)18-28(30(27)41-7)37-32(40)42-8/h9-20H,1-8H3,(H,37,40)(H2,35,36,39). The third-order valence-electron chi connectivity index (χ3n) is 7.14. The van der Waals surface area contributed by atoms with E-state index in [0.29, 0.717) is 34.3 Å². The Morgan fingerprint density at radius 1 is 0.860 bits per heavy atom. The second-order valence-electron chi connectivity index (χ2n) is 11.4. The van der Waals surface area contributed by atoms with E-state index in [1.54, 1.807) is 18.3 Å². The first-order valence-electron chi connectivity index (χ1n) is 13.9. The van der Waals surface area contributed by atoms with Gasteiger partial charge in [-0.1, -0.05) is 45.0 Å². The minimum absolute atomic E-state index is 0.125. The smallest absolute Gasteiger partial charge is 0.411 e. The van der Waals surface area contributed by atoms with Crippen molar-refractivity contribution >= 4 is 40.0 Å². The number of carbonyl (C=O) groups excluding carboxylic acids is 2. The molecule has 10 heteroatoms. The summed E-state index contributed by atoms with van der Waals surface area (Å²) in [6.45, 7) is 8.18. The fraction of sp³-hybridized carbons (Fsp3) is 0.303. The van der Waals surface area contributed by atoms with Crippen molar-refractivity contribution in [2.24, 2.45) is 0 Å². The van der Waals surface area contributed by atoms with Gasteiger partial charge >= 0.3 is 12.1 Å². The number of carbonyl (C=O) groups is 2. The number of amides is 3. The quantitative estimate of drug-likeness (QED) is 0.193. The molecule has 4 aromatic rings. The number of anilines is 3. The number of aromatic nitrogens is 1. The van der Waals surface area contributed by atoms with E-state index in [2.05, 4.69) is 32.8 Å². The fourth-order valence-corrected chi connectivity index (χ4v) is 4.49. The zero-order valence-corrected chi connectivity index (χ0v) is 25.9. The van der Waals surface area contributed by atoms with Gasteiger partial charge in [-0.3, -0.25) is 10.3 Å². The van der Waals surface area contributed by atoms with Gasteiger partial charge in [0.1, 0.15) is 11.5 Å². The van der Waals surface area contributed by atoms with Gasteiger partial charge in [-0.05, 0) is 62.3 Å². The molecule has 1 unspecified atom stereocenters. The van der Waals surface area contributed by atoms with Crippen molar-refractivity contribution in [1.82, 2.24) is 9.88 Å². The lowest BCUT2D eigenvalue weighted by Crippen LogP contribution is -2.22. The van der Waals surface area contributed by atoms with Crippen LogP contribution < -0.4 is 25.4 Å². The zero-order chi connectivity index (χ0) is 31.3. The zero-order valence-electron chi connectivity index (χ0n) is 25.9. The molecule has 0 aliphatic heterocycles. The Kier molecular flexibility index (Phi) is 9.40. The van der Waals surface area contributed by atoms with E-state index in [0.717, 1.165) is 22.0 Å². The van der Waals surface area contributed by atoms with Crippen LogP contribution in [0.1, 0.15) is 45.0 Å². The summed E-state index contributed by atoms with van der Waals surface area (Å²) >= 11 is 0. The molecule has 226 valence electrons. The van der Waals surface area contributed by atoms with E-state index < -0.39 is 12.1 Å². The molecule has 1 atom stereocenters. The predicted molar refractivity (Wildman–Crippen MR) is 171 cm³/mol. The summed E-state index contributed by atoms with van der Waals surface area (Å²) in [6.07, 6.45) is 1.09. The van der Waals surface area contributed by atoms with Gasteiger partial charge in [0.2, 0.25) is 0 Å². The maximum absolute atomic E-state index is 13.3. The maximum atomic E-state index is 13.3. The second-order valence-corrected chi connectivity index (χ2v) is 11.4. The highest BCUT2D eigenvalue weighted by Crippen LogP contribution is 2.39. The van der Waals surface area contributed by atoms with Gasteiger partial charge in [0.15, 0.2) is 5.75 Å². The van der Waals surface area contributed by atoms with Crippen molar-refractivity contribution in [3.63, 3.8) is 0 Å². The molecule has 3 amide bonds. The lowest BCUT2D eigenvalue weighted by molar-refractivity contribution is 0.187. The molecule has 0 spiro atoms. The van der Waals surface area contributed by atoms with Gasteiger partial charge in [0.05, 0.1) is 37.0 Å². The SMILES string of the molecule is COC(=O)Nc1cc(C(C)(C)C)cc(NC(=O)Nc2ccc(Oc3ccnc(C(C)N(C)C)c3)c3ccccc23)c1OC. The highest BCUT2D eigenvalue weighted by Gasteiger charge is 2.22. The van der Waals surface area contributed by atoms with Gasteiger partial charge in [-0.25, -0.2) is 9.59 Å². The highest BCUT2D eigenvalue weighted by molar-refractivity contribution is 6.08. The van der Waals surface area contributed by atoms with E-state index in [-0.39, 0.29) is 11.5 Å². The van der Waals surface area contributed by atoms with Crippen molar-refractivity contribution in [2.75, 3.05) is 44.3 Å². The first kappa shape index (κ1) is 31.1. The molecular formula is C33H39N5O5. The molecule has 0 saturated heterocycles. The van der Waals surface area contributed by atoms with Crippen molar-refractivity contribution in [2.45, 2.75) is 39.2 Å². The molecule has 0 aliphatic carbocycles. The lowest BCUT2D eigenvalue weighted by Gasteiger charge is -2.24. The van der Waals surface area contributed by atoms with Crippen molar-refractivity contribution < 1.29 is 23.8 Å². The van der Waals surface area contributed by atoms with Gasteiger partial charge in [0.25, 0.3) is 0 Å². The summed E-state index contributed by atoms with van der Waals surface area (Å²) in [5.41, 5.74) is 2.86. The first-order valence-corrected chi connectivity index (χ1v) is 13.9. The van der Waals surface area contributed by atoms with E-state index in [9.17, 15) is 9.59 Å². The number of hydrogen-bond acceptors (Lipinski definition) is 7. The number of pyridine rings is 1. The number of methoxy groups -OCH3 is 2. The number of fused-ring (bicyclic) bond motifs is 1. The van der Waals surface area contributed by atoms with Crippen LogP contribution in [0.25, 0.3) is 10.8 Å². The number of nitrogens with zero attached hydrogens (tertiary/aromatic N) is 2. The highest BCUT2D eigenvalue weighted by atomic mass is 16.5. The number of hydrogen-bond donors (Lipinski definition) is 3. The summed E-state index contributed by atoms with van der Waals surface area (Å²) in [4.78, 5) is 31.9. The number of rotatable bonds is 8. The summed E-state index contributed by atoms with van der Waals surface area (Å²) in [6, 6.07) is 18.3. The Bertz CT molecular complexity index is 1630. The number of benzene rings is 3. The topological polar surface area (TPSA) is 114 Å². The molecule has 3 N–H and O–H groups in total. The fourth-order valence-electron chi connectivity index (χ4n) is 4.49. The average molecular weight is 586 g/mol. The van der Waals surface area contributed by atoms with Crippen molar-refractivity contribution in [3.05, 3.63) is 78.1 Å². The summed E-state index contributed by atoms with van der Waals surface area (Å²) in [5.74, 6) is 1.61. The molecule has 0 radical (unpaired) electrons. The monoisotopic (exact) mass is 585 g/mol. The van der Waals surface area contributed by atoms with Gasteiger partial charge in [0, 0.05) is 29.1 Å². The third kappa shape index (κ3) is 7.34. The van der Waals surface area contributed by atoms with Crippen LogP contribution in [0, 0.1) is 0 Å². The van der Waals surface area contributed by atoms with E-state index >= 15 is 0 Å². The Labute approximate surface area is 252 Å². The van der Waals surface area contributed by atoms with Crippen LogP contribution in [0.15, 0.2) is 66.9 Å². The van der Waals surface area contributed by atoms with Gasteiger partial charge in [-0.2, -0.15) is 0 Å². The molecule has 0 fully saturated rings. The van der Waals surface area contributed by atoms with Gasteiger partial charge in [-0.15, -0.1) is 0 Å². The molecule has 10 nitrogen and oxygen atoms in total. The minimum Gasteiger partial charge on any atom is -0.492 e. The van der Waals surface area contributed by atoms with Crippen LogP contribution in [0.4, 0.5) is 26.7 Å². The molecular weight excluding hydrogens is 546 g/mol. The summed E-state index contributed by atoms with van der Waals surface area (Å²) in [5, 5.41) is 10.1. The minimum atomic E-state index is -0.649. The normalized spacial score (nSPS) is 12.0. The number of urea groups is 1. The van der Waals surface area contributed by atoms with Gasteiger partial charge < -0.3 is 29.7 Å². The molecule has 4 rings (SSSR count). The lowest BCUT2D eigenvalue weighted by atomic mass is 9.86. The Hall–Kier alpha value is -4.83. The number of nitrogens with one attached hydrogen (secondary N) is 3. The molecule has 1 aromatic heterocycles. The first-order chi connectivity index (χ1) is 20.4. The summed E-state index contributed by atoms with van der Waals surface area (Å²) < 4.78 is 16.7. The van der Waals surface area contributed by atoms with Crippen molar-refractivity contribution in [3.8, 4) is 17.2 Å². The third-order valence-corrected chi connectivity index (χ3v) is 7.14. The Morgan fingerprint density at radius 2 is 1.51 bits per heavy atom. The largest absolute Gasteiger partial charge is 0.492 e. The molecule has 3 aromatic carbocycles. The van der Waals surface area contributed by atoms with Crippen molar-refractivity contribution in [1.29, 1.82) is 0 Å². The van der Waals surface area contributed by atoms with E-state index in [1.807, 2.05) is 83.4 Å². The van der Waals surface area contributed by atoms with Crippen LogP contribution in [-0.2, 0) is 10.2 Å².